The first-order valence-electron chi connectivity index (χ1n) is 5.89. The molecule has 0 fully saturated rings. The molecule has 1 aromatic rings. The number of benzene rings is 1. The van der Waals surface area contributed by atoms with E-state index in [1.165, 1.54) is 12.2 Å². The molecule has 1 amide bonds. The molecule has 1 rings (SSSR count). The van der Waals surface area contributed by atoms with Crippen molar-refractivity contribution in [3.05, 3.63) is 23.8 Å². The number of carbonyl (C=O) groups excluding carboxylic acids is 1. The third-order valence-corrected chi connectivity index (χ3v) is 3.27. The zero-order valence-electron chi connectivity index (χ0n) is 10.9. The average molecular weight is 268 g/mol. The molecule has 1 aromatic carbocycles. The summed E-state index contributed by atoms with van der Waals surface area (Å²) in [5.41, 5.74) is 6.56. The summed E-state index contributed by atoms with van der Waals surface area (Å²) < 4.78 is 5.24. The van der Waals surface area contributed by atoms with E-state index in [0.717, 1.165) is 24.4 Å². The number of amides is 1. The Morgan fingerprint density at radius 3 is 2.83 bits per heavy atom. The number of thioether (sulfide) groups is 1. The molecule has 0 spiro atoms. The number of nitrogens with two attached hydrogens (primary N) is 1. The van der Waals surface area contributed by atoms with E-state index in [4.69, 9.17) is 10.5 Å². The molecule has 3 N–H and O–H groups in total. The SMILES string of the molecule is COc1ccc(C(N)=O)cc1NCCCCSC. The van der Waals surface area contributed by atoms with Crippen LogP contribution in [0.3, 0.4) is 0 Å². The van der Waals surface area contributed by atoms with Crippen LogP contribution in [0, 0.1) is 0 Å². The van der Waals surface area contributed by atoms with Gasteiger partial charge in [-0.25, -0.2) is 0 Å². The Morgan fingerprint density at radius 1 is 1.44 bits per heavy atom. The lowest BCUT2D eigenvalue weighted by Gasteiger charge is -2.12. The molecule has 0 heterocycles. The van der Waals surface area contributed by atoms with Gasteiger partial charge in [0.2, 0.25) is 5.91 Å². The highest BCUT2D eigenvalue weighted by Crippen LogP contribution is 2.25. The van der Waals surface area contributed by atoms with Crippen LogP contribution in [0.5, 0.6) is 5.75 Å². The van der Waals surface area contributed by atoms with Crippen molar-refractivity contribution in [3.63, 3.8) is 0 Å². The van der Waals surface area contributed by atoms with E-state index in [1.807, 2.05) is 11.8 Å². The molecule has 100 valence electrons. The summed E-state index contributed by atoms with van der Waals surface area (Å²) in [5, 5.41) is 3.28. The number of nitrogens with one attached hydrogen (secondary N) is 1. The number of ether oxygens (including phenoxy) is 1. The first-order valence-corrected chi connectivity index (χ1v) is 7.29. The number of carbonyl (C=O) groups is 1. The number of hydrogen-bond acceptors (Lipinski definition) is 4. The maximum absolute atomic E-state index is 11.1. The quantitative estimate of drug-likeness (QED) is 0.710. The second kappa shape index (κ2) is 7.87. The smallest absolute Gasteiger partial charge is 0.248 e. The summed E-state index contributed by atoms with van der Waals surface area (Å²) in [7, 11) is 1.61. The summed E-state index contributed by atoms with van der Waals surface area (Å²) in [5.74, 6) is 1.47. The Kier molecular flexibility index (Phi) is 6.43. The second-order valence-corrected chi connectivity index (χ2v) is 4.89. The van der Waals surface area contributed by atoms with Crippen LogP contribution in [0.2, 0.25) is 0 Å². The van der Waals surface area contributed by atoms with E-state index in [2.05, 4.69) is 11.6 Å². The molecule has 18 heavy (non-hydrogen) atoms. The molecule has 0 radical (unpaired) electrons. The van der Waals surface area contributed by atoms with Crippen molar-refractivity contribution in [2.45, 2.75) is 12.8 Å². The van der Waals surface area contributed by atoms with Gasteiger partial charge < -0.3 is 15.8 Å². The largest absolute Gasteiger partial charge is 0.495 e. The number of rotatable bonds is 8. The van der Waals surface area contributed by atoms with E-state index in [0.29, 0.717) is 5.56 Å². The minimum Gasteiger partial charge on any atom is -0.495 e. The molecular weight excluding hydrogens is 248 g/mol. The minimum atomic E-state index is -0.428. The Morgan fingerprint density at radius 2 is 2.22 bits per heavy atom. The standard InChI is InChI=1S/C13H20N2O2S/c1-17-12-6-5-10(13(14)16)9-11(12)15-7-3-4-8-18-2/h5-6,9,15H,3-4,7-8H2,1-2H3,(H2,14,16). The fourth-order valence-electron chi connectivity index (χ4n) is 1.59. The van der Waals surface area contributed by atoms with Crippen LogP contribution in [0.25, 0.3) is 0 Å². The molecule has 0 unspecified atom stereocenters. The Labute approximate surface area is 112 Å². The van der Waals surface area contributed by atoms with Gasteiger partial charge in [-0.2, -0.15) is 11.8 Å². The monoisotopic (exact) mass is 268 g/mol. The maximum Gasteiger partial charge on any atom is 0.248 e. The van der Waals surface area contributed by atoms with Crippen molar-refractivity contribution < 1.29 is 9.53 Å². The Bertz CT molecular complexity index is 397. The van der Waals surface area contributed by atoms with Crippen LogP contribution < -0.4 is 15.8 Å². The Balaban J connectivity index is 2.61. The van der Waals surface area contributed by atoms with E-state index < -0.39 is 5.91 Å². The fraction of sp³-hybridized carbons (Fsp3) is 0.462. The van der Waals surface area contributed by atoms with Gasteiger partial charge in [0.05, 0.1) is 12.8 Å². The summed E-state index contributed by atoms with van der Waals surface area (Å²) in [6, 6.07) is 5.15. The van der Waals surface area contributed by atoms with Crippen LogP contribution in [-0.4, -0.2) is 31.6 Å². The molecule has 4 nitrogen and oxygen atoms in total. The number of anilines is 1. The van der Waals surface area contributed by atoms with Gasteiger partial charge >= 0.3 is 0 Å². The summed E-state index contributed by atoms with van der Waals surface area (Å²) in [6.45, 7) is 0.860. The minimum absolute atomic E-state index is 0.428. The van der Waals surface area contributed by atoms with Gasteiger partial charge in [0.15, 0.2) is 0 Å². The van der Waals surface area contributed by atoms with E-state index in [9.17, 15) is 4.79 Å². The van der Waals surface area contributed by atoms with Gasteiger partial charge in [-0.05, 0) is 43.0 Å². The summed E-state index contributed by atoms with van der Waals surface area (Å²) in [4.78, 5) is 11.1. The van der Waals surface area contributed by atoms with Gasteiger partial charge in [-0.15, -0.1) is 0 Å². The van der Waals surface area contributed by atoms with Crippen molar-refractivity contribution in [1.29, 1.82) is 0 Å². The third kappa shape index (κ3) is 4.49. The second-order valence-electron chi connectivity index (χ2n) is 3.91. The average Bonchev–Trinajstić information content (AvgIpc) is 2.38. The highest BCUT2D eigenvalue weighted by molar-refractivity contribution is 7.98. The molecule has 0 aliphatic heterocycles. The van der Waals surface area contributed by atoms with Crippen LogP contribution in [0.1, 0.15) is 23.2 Å². The molecule has 0 atom stereocenters. The van der Waals surface area contributed by atoms with Crippen LogP contribution >= 0.6 is 11.8 Å². The zero-order valence-corrected chi connectivity index (χ0v) is 11.7. The number of unbranched alkanes of at least 4 members (excludes halogenated alkanes) is 1. The normalized spacial score (nSPS) is 10.1. The number of hydrogen-bond donors (Lipinski definition) is 2. The predicted molar refractivity (Wildman–Crippen MR) is 77.6 cm³/mol. The lowest BCUT2D eigenvalue weighted by molar-refractivity contribution is 0.100. The fourth-order valence-corrected chi connectivity index (χ4v) is 2.09. The third-order valence-electron chi connectivity index (χ3n) is 2.57. The summed E-state index contributed by atoms with van der Waals surface area (Å²) in [6.07, 6.45) is 4.36. The predicted octanol–water partition coefficient (Wildman–Crippen LogP) is 2.35. The molecule has 0 saturated heterocycles. The highest BCUT2D eigenvalue weighted by atomic mass is 32.2. The van der Waals surface area contributed by atoms with Crippen LogP contribution in [0.15, 0.2) is 18.2 Å². The zero-order chi connectivity index (χ0) is 13.4. The first-order chi connectivity index (χ1) is 8.69. The van der Waals surface area contributed by atoms with E-state index in [-0.39, 0.29) is 0 Å². The van der Waals surface area contributed by atoms with E-state index in [1.54, 1.807) is 25.3 Å². The molecule has 0 aromatic heterocycles. The molecule has 0 bridgehead atoms. The van der Waals surface area contributed by atoms with Crippen molar-refractivity contribution in [2.24, 2.45) is 5.73 Å². The van der Waals surface area contributed by atoms with Crippen molar-refractivity contribution in [2.75, 3.05) is 31.0 Å². The lowest BCUT2D eigenvalue weighted by atomic mass is 10.1. The highest BCUT2D eigenvalue weighted by Gasteiger charge is 2.07. The van der Waals surface area contributed by atoms with Gasteiger partial charge in [0.1, 0.15) is 5.75 Å². The Hall–Kier alpha value is -1.36. The van der Waals surface area contributed by atoms with Crippen molar-refractivity contribution in [3.8, 4) is 5.75 Å². The van der Waals surface area contributed by atoms with Crippen molar-refractivity contribution in [1.82, 2.24) is 0 Å². The molecule has 0 aliphatic rings. The first kappa shape index (κ1) is 14.7. The van der Waals surface area contributed by atoms with Crippen LogP contribution in [0.4, 0.5) is 5.69 Å². The molecule has 0 saturated carbocycles. The van der Waals surface area contributed by atoms with Crippen LogP contribution in [-0.2, 0) is 0 Å². The van der Waals surface area contributed by atoms with Gasteiger partial charge in [-0.3, -0.25) is 4.79 Å². The van der Waals surface area contributed by atoms with Crippen molar-refractivity contribution >= 4 is 23.4 Å². The van der Waals surface area contributed by atoms with Gasteiger partial charge in [-0.1, -0.05) is 0 Å². The van der Waals surface area contributed by atoms with Gasteiger partial charge in [0, 0.05) is 12.1 Å². The topological polar surface area (TPSA) is 64.3 Å². The molecule has 0 aliphatic carbocycles. The molecular formula is C13H20N2O2S. The van der Waals surface area contributed by atoms with E-state index >= 15 is 0 Å². The molecule has 5 heteroatoms. The number of primary amides is 1. The lowest BCUT2D eigenvalue weighted by Crippen LogP contribution is -2.12. The summed E-state index contributed by atoms with van der Waals surface area (Å²) >= 11 is 1.85. The number of methoxy groups -OCH3 is 1. The van der Waals surface area contributed by atoms with Gasteiger partial charge in [0.25, 0.3) is 0 Å². The maximum atomic E-state index is 11.1.